The number of aryl methyl sites for hydroxylation is 1. The Kier molecular flexibility index (Phi) is 5.93. The van der Waals surface area contributed by atoms with E-state index in [9.17, 15) is 0 Å². The number of benzene rings is 7. The molecule has 0 amide bonds. The average molecular weight is 657 g/mol. The third kappa shape index (κ3) is 3.89. The van der Waals surface area contributed by atoms with Gasteiger partial charge in [0.05, 0.1) is 33.1 Å². The molecule has 0 radical (unpaired) electrons. The Balaban J connectivity index is 1.30. The lowest BCUT2D eigenvalue weighted by Crippen LogP contribution is -2.00. The van der Waals surface area contributed by atoms with Crippen molar-refractivity contribution in [1.82, 2.24) is 18.7 Å². The zero-order valence-corrected chi connectivity index (χ0v) is 28.0. The summed E-state index contributed by atoms with van der Waals surface area (Å²) in [6.45, 7) is 3.14. The van der Waals surface area contributed by atoms with Crippen molar-refractivity contribution in [1.29, 1.82) is 0 Å². The summed E-state index contributed by atoms with van der Waals surface area (Å²) in [4.78, 5) is 5.10. The maximum atomic E-state index is 6.91. The molecular weight excluding hydrogens is 625 g/mol. The van der Waals surface area contributed by atoms with E-state index in [1.54, 1.807) is 0 Å². The van der Waals surface area contributed by atoms with E-state index in [1.165, 1.54) is 32.6 Å². The van der Waals surface area contributed by atoms with Gasteiger partial charge in [-0.1, -0.05) is 91.9 Å². The summed E-state index contributed by atoms with van der Waals surface area (Å²) < 4.78 is 14.1. The number of hydrogen-bond donors (Lipinski definition) is 0. The van der Waals surface area contributed by atoms with Gasteiger partial charge in [-0.15, -0.1) is 0 Å². The zero-order valence-electron chi connectivity index (χ0n) is 28.0. The Morgan fingerprint density at radius 3 is 1.84 bits per heavy atom. The van der Waals surface area contributed by atoms with Crippen LogP contribution in [0.2, 0.25) is 0 Å². The summed E-state index contributed by atoms with van der Waals surface area (Å²) in [6.07, 6.45) is 1.04. The molecule has 0 saturated carbocycles. The smallest absolute Gasteiger partial charge is 0.160 e. The first kappa shape index (κ1) is 28.3. The van der Waals surface area contributed by atoms with Crippen LogP contribution in [0.25, 0.3) is 99.3 Å². The van der Waals surface area contributed by atoms with Gasteiger partial charge in [-0.2, -0.15) is 0 Å². The van der Waals surface area contributed by atoms with Crippen molar-refractivity contribution < 1.29 is 4.42 Å². The van der Waals surface area contributed by atoms with E-state index in [2.05, 4.69) is 172 Å². The largest absolute Gasteiger partial charge is 0.454 e. The molecule has 11 aromatic rings. The van der Waals surface area contributed by atoms with E-state index in [-0.39, 0.29) is 0 Å². The standard InChI is InChI=1S/C46H32N4O/c1-2-28-48-38-22-12-9-19-35(38)47-46(48)29-24-26-31(27-25-29)49-36-20-10-6-16-32(36)40-41-34-18-8-13-23-39(34)51-45(41)44-42(43(40)49)33-17-7-11-21-37(33)50(44)30-14-4-3-5-15-30/h3-27H,2,28H2,1H3. The maximum absolute atomic E-state index is 6.91. The second-order valence-electron chi connectivity index (χ2n) is 13.4. The minimum Gasteiger partial charge on any atom is -0.454 e. The third-order valence-corrected chi connectivity index (χ3v) is 10.5. The topological polar surface area (TPSA) is 40.8 Å². The van der Waals surface area contributed by atoms with Crippen LogP contribution in [-0.4, -0.2) is 18.7 Å². The van der Waals surface area contributed by atoms with E-state index in [0.717, 1.165) is 79.7 Å². The second kappa shape index (κ2) is 10.7. The zero-order chi connectivity index (χ0) is 33.6. The Morgan fingerprint density at radius 1 is 0.510 bits per heavy atom. The first-order valence-electron chi connectivity index (χ1n) is 17.7. The van der Waals surface area contributed by atoms with Gasteiger partial charge in [0.1, 0.15) is 11.4 Å². The Labute approximate surface area is 293 Å². The lowest BCUT2D eigenvalue weighted by atomic mass is 10.0. The molecule has 51 heavy (non-hydrogen) atoms. The molecule has 7 aromatic carbocycles. The number of fused-ring (bicyclic) bond motifs is 13. The molecule has 0 aliphatic carbocycles. The summed E-state index contributed by atoms with van der Waals surface area (Å²) in [5, 5.41) is 7.06. The van der Waals surface area contributed by atoms with Crippen molar-refractivity contribution in [2.75, 3.05) is 0 Å². The number of rotatable bonds is 5. The molecule has 242 valence electrons. The van der Waals surface area contributed by atoms with Gasteiger partial charge in [-0.05, 0) is 73.2 Å². The summed E-state index contributed by atoms with van der Waals surface area (Å²) in [5.74, 6) is 1.01. The number of para-hydroxylation sites is 6. The number of nitrogens with zero attached hydrogens (tertiary/aromatic N) is 4. The van der Waals surface area contributed by atoms with Gasteiger partial charge in [0.2, 0.25) is 0 Å². The molecular formula is C46H32N4O. The molecule has 0 aliphatic rings. The molecule has 0 aliphatic heterocycles. The van der Waals surface area contributed by atoms with Gasteiger partial charge in [-0.25, -0.2) is 4.98 Å². The van der Waals surface area contributed by atoms with Crippen molar-refractivity contribution in [3.05, 3.63) is 152 Å². The van der Waals surface area contributed by atoms with Crippen LogP contribution in [0.5, 0.6) is 0 Å². The van der Waals surface area contributed by atoms with Gasteiger partial charge >= 0.3 is 0 Å². The highest BCUT2D eigenvalue weighted by molar-refractivity contribution is 6.39. The van der Waals surface area contributed by atoms with Crippen molar-refractivity contribution in [3.8, 4) is 22.8 Å². The summed E-state index contributed by atoms with van der Waals surface area (Å²) in [6, 6.07) is 54.1. The Hall–Kier alpha value is -6.59. The van der Waals surface area contributed by atoms with Crippen LogP contribution in [0, 0.1) is 0 Å². The second-order valence-corrected chi connectivity index (χ2v) is 13.4. The normalized spacial score (nSPS) is 12.2. The molecule has 4 heterocycles. The lowest BCUT2D eigenvalue weighted by molar-refractivity contribution is 0.671. The molecule has 0 unspecified atom stereocenters. The van der Waals surface area contributed by atoms with Gasteiger partial charge in [0.25, 0.3) is 0 Å². The minimum absolute atomic E-state index is 0.891. The molecule has 4 aromatic heterocycles. The van der Waals surface area contributed by atoms with E-state index in [1.807, 2.05) is 0 Å². The van der Waals surface area contributed by atoms with Gasteiger partial charge in [0.15, 0.2) is 5.58 Å². The summed E-state index contributed by atoms with van der Waals surface area (Å²) >= 11 is 0. The number of aromatic nitrogens is 4. The van der Waals surface area contributed by atoms with Crippen LogP contribution in [0.1, 0.15) is 13.3 Å². The molecule has 0 bridgehead atoms. The molecule has 11 rings (SSSR count). The quantitative estimate of drug-likeness (QED) is 0.185. The SMILES string of the molecule is CCCn1c(-c2ccc(-n3c4ccccc4c4c5c6ccccc6oc5c5c(c6ccccc6n5-c5ccccc5)c43)cc2)nc2ccccc21. The average Bonchev–Trinajstić information content (AvgIpc) is 3.93. The number of furan rings is 1. The highest BCUT2D eigenvalue weighted by Crippen LogP contribution is 2.49. The number of imidazole rings is 1. The van der Waals surface area contributed by atoms with E-state index >= 15 is 0 Å². The van der Waals surface area contributed by atoms with Crippen LogP contribution >= 0.6 is 0 Å². The van der Waals surface area contributed by atoms with Crippen LogP contribution in [-0.2, 0) is 6.54 Å². The van der Waals surface area contributed by atoms with Gasteiger partial charge in [0, 0.05) is 55.8 Å². The predicted octanol–water partition coefficient (Wildman–Crippen LogP) is 12.2. The summed E-state index contributed by atoms with van der Waals surface area (Å²) in [7, 11) is 0. The lowest BCUT2D eigenvalue weighted by Gasteiger charge is -2.12. The first-order valence-corrected chi connectivity index (χ1v) is 17.7. The summed E-state index contributed by atoms with van der Waals surface area (Å²) in [5.41, 5.74) is 11.9. The van der Waals surface area contributed by atoms with Gasteiger partial charge in [-0.3, -0.25) is 0 Å². The third-order valence-electron chi connectivity index (χ3n) is 10.5. The monoisotopic (exact) mass is 656 g/mol. The highest BCUT2D eigenvalue weighted by Gasteiger charge is 2.27. The van der Waals surface area contributed by atoms with Crippen LogP contribution < -0.4 is 0 Å². The Bertz CT molecular complexity index is 3140. The minimum atomic E-state index is 0.891. The van der Waals surface area contributed by atoms with Gasteiger partial charge < -0.3 is 18.1 Å². The van der Waals surface area contributed by atoms with Crippen LogP contribution in [0.15, 0.2) is 156 Å². The van der Waals surface area contributed by atoms with E-state index in [4.69, 9.17) is 9.40 Å². The van der Waals surface area contributed by atoms with Crippen molar-refractivity contribution in [3.63, 3.8) is 0 Å². The molecule has 0 N–H and O–H groups in total. The van der Waals surface area contributed by atoms with Crippen molar-refractivity contribution >= 4 is 76.6 Å². The molecule has 0 fully saturated rings. The molecule has 5 heteroatoms. The Morgan fingerprint density at radius 2 is 1.10 bits per heavy atom. The van der Waals surface area contributed by atoms with E-state index in [0.29, 0.717) is 0 Å². The molecule has 0 saturated heterocycles. The fourth-order valence-electron chi connectivity index (χ4n) is 8.50. The highest BCUT2D eigenvalue weighted by atomic mass is 16.3. The number of hydrogen-bond acceptors (Lipinski definition) is 2. The first-order chi connectivity index (χ1) is 25.3. The van der Waals surface area contributed by atoms with Crippen molar-refractivity contribution in [2.24, 2.45) is 0 Å². The fourth-order valence-corrected chi connectivity index (χ4v) is 8.50. The maximum Gasteiger partial charge on any atom is 0.160 e. The van der Waals surface area contributed by atoms with Crippen molar-refractivity contribution in [2.45, 2.75) is 19.9 Å². The predicted molar refractivity (Wildman–Crippen MR) is 211 cm³/mol. The molecule has 0 atom stereocenters. The fraction of sp³-hybridized carbons (Fsp3) is 0.0652. The van der Waals surface area contributed by atoms with Crippen LogP contribution in [0.4, 0.5) is 0 Å². The van der Waals surface area contributed by atoms with Crippen LogP contribution in [0.3, 0.4) is 0 Å². The molecule has 0 spiro atoms. The molecule has 5 nitrogen and oxygen atoms in total. The van der Waals surface area contributed by atoms with E-state index < -0.39 is 0 Å².